The molecule has 4 aromatic carbocycles. The summed E-state index contributed by atoms with van der Waals surface area (Å²) in [5.41, 5.74) is 5.76. The van der Waals surface area contributed by atoms with Crippen LogP contribution in [-0.2, 0) is 42.0 Å². The molecule has 0 bridgehead atoms. The van der Waals surface area contributed by atoms with E-state index in [1.807, 2.05) is 78.9 Å². The van der Waals surface area contributed by atoms with Gasteiger partial charge in [0.25, 0.3) is 5.91 Å². The van der Waals surface area contributed by atoms with Gasteiger partial charge in [-0.2, -0.15) is 0 Å². The molecule has 1 aliphatic carbocycles. The van der Waals surface area contributed by atoms with E-state index in [0.717, 1.165) is 35.1 Å². The number of aryl methyl sites for hydroxylation is 1. The van der Waals surface area contributed by atoms with Crippen molar-refractivity contribution >= 4 is 5.91 Å². The molecule has 206 valence electrons. The van der Waals surface area contributed by atoms with Crippen LogP contribution in [0.3, 0.4) is 0 Å². The van der Waals surface area contributed by atoms with E-state index in [1.54, 1.807) is 18.2 Å². The Morgan fingerprint density at radius 3 is 2.35 bits per heavy atom. The second kappa shape index (κ2) is 13.3. The fraction of sp³-hybridized carbons (Fsp3) is 0.265. The molecule has 6 heteroatoms. The minimum atomic E-state index is -1.31. The molecule has 40 heavy (non-hydrogen) atoms. The maximum atomic E-state index is 13.0. The first-order chi connectivity index (χ1) is 19.5. The molecule has 0 aromatic heterocycles. The third-order valence-corrected chi connectivity index (χ3v) is 7.28. The molecule has 0 spiro atoms. The molecule has 3 N–H and O–H groups in total. The molecule has 1 unspecified atom stereocenters. The molecule has 4 aromatic rings. The van der Waals surface area contributed by atoms with Crippen LogP contribution in [0.5, 0.6) is 11.5 Å². The van der Waals surface area contributed by atoms with Crippen LogP contribution in [0.15, 0.2) is 97.1 Å². The van der Waals surface area contributed by atoms with Crippen LogP contribution >= 0.6 is 0 Å². The maximum absolute atomic E-state index is 13.0. The number of phenols is 1. The number of rotatable bonds is 11. The Kier molecular flexibility index (Phi) is 9.11. The number of benzene rings is 4. The van der Waals surface area contributed by atoms with E-state index >= 15 is 0 Å². The maximum Gasteiger partial charge on any atom is 0.253 e. The number of carbonyl (C=O) groups excluding carboxylic acids is 1. The van der Waals surface area contributed by atoms with Crippen LogP contribution in [0, 0.1) is 0 Å². The van der Waals surface area contributed by atoms with Gasteiger partial charge in [0.05, 0.1) is 13.2 Å². The van der Waals surface area contributed by atoms with Crippen molar-refractivity contribution in [1.82, 2.24) is 5.32 Å². The van der Waals surface area contributed by atoms with Gasteiger partial charge < -0.3 is 25.0 Å². The lowest BCUT2D eigenvalue weighted by molar-refractivity contribution is -0.130. The van der Waals surface area contributed by atoms with Gasteiger partial charge >= 0.3 is 0 Å². The number of phenolic OH excluding ortho intramolecular Hbond substituents is 1. The molecule has 0 saturated heterocycles. The van der Waals surface area contributed by atoms with Gasteiger partial charge in [-0.3, -0.25) is 4.79 Å². The minimum Gasteiger partial charge on any atom is -0.508 e. The number of aliphatic hydroxyl groups excluding tert-OH is 1. The van der Waals surface area contributed by atoms with Gasteiger partial charge in [0.2, 0.25) is 0 Å². The summed E-state index contributed by atoms with van der Waals surface area (Å²) in [6, 6.07) is 30.6. The van der Waals surface area contributed by atoms with Crippen molar-refractivity contribution < 1.29 is 24.5 Å². The lowest BCUT2D eigenvalue weighted by Gasteiger charge is -2.26. The van der Waals surface area contributed by atoms with Gasteiger partial charge in [-0.25, -0.2) is 0 Å². The number of hydrogen-bond acceptors (Lipinski definition) is 5. The number of hydrogen-bond donors (Lipinski definition) is 3. The van der Waals surface area contributed by atoms with Gasteiger partial charge in [-0.15, -0.1) is 0 Å². The monoisotopic (exact) mass is 537 g/mol. The average molecular weight is 538 g/mol. The summed E-state index contributed by atoms with van der Waals surface area (Å²) in [7, 11) is 0. The SMILES string of the molecule is O=C(N[C@H]1CCc2ccc(O)cc2C1)C(O)c1ccc(OCc2ccccc2)c(CCOCc2ccccc2)c1. The van der Waals surface area contributed by atoms with E-state index in [-0.39, 0.29) is 11.8 Å². The van der Waals surface area contributed by atoms with E-state index in [0.29, 0.717) is 44.0 Å². The number of aliphatic hydroxyl groups is 1. The van der Waals surface area contributed by atoms with E-state index < -0.39 is 12.0 Å². The van der Waals surface area contributed by atoms with Crippen LogP contribution in [0.4, 0.5) is 0 Å². The zero-order chi connectivity index (χ0) is 27.7. The molecular formula is C34H35NO5. The number of carbonyl (C=O) groups is 1. The van der Waals surface area contributed by atoms with Crippen molar-refractivity contribution in [3.8, 4) is 11.5 Å². The topological polar surface area (TPSA) is 88.0 Å². The quantitative estimate of drug-likeness (QED) is 0.222. The summed E-state index contributed by atoms with van der Waals surface area (Å²) >= 11 is 0. The van der Waals surface area contributed by atoms with Crippen LogP contribution < -0.4 is 10.1 Å². The molecule has 5 rings (SSSR count). The summed E-state index contributed by atoms with van der Waals surface area (Å²) in [5.74, 6) is 0.491. The van der Waals surface area contributed by atoms with Gasteiger partial charge in [-0.05, 0) is 83.3 Å². The summed E-state index contributed by atoms with van der Waals surface area (Å²) in [6.07, 6.45) is 1.49. The fourth-order valence-electron chi connectivity index (χ4n) is 5.09. The van der Waals surface area contributed by atoms with E-state index in [2.05, 4.69) is 5.32 Å². The summed E-state index contributed by atoms with van der Waals surface area (Å²) in [4.78, 5) is 13.0. The Labute approximate surface area is 235 Å². The van der Waals surface area contributed by atoms with Crippen LogP contribution in [-0.4, -0.2) is 28.8 Å². The predicted octanol–water partition coefficient (Wildman–Crippen LogP) is 5.44. The average Bonchev–Trinajstić information content (AvgIpc) is 2.99. The number of fused-ring (bicyclic) bond motifs is 1. The first-order valence-corrected chi connectivity index (χ1v) is 13.8. The van der Waals surface area contributed by atoms with Gasteiger partial charge in [0.1, 0.15) is 18.1 Å². The summed E-state index contributed by atoms with van der Waals surface area (Å²) < 4.78 is 12.1. The highest BCUT2D eigenvalue weighted by atomic mass is 16.5. The van der Waals surface area contributed by atoms with Crippen molar-refractivity contribution in [2.75, 3.05) is 6.61 Å². The van der Waals surface area contributed by atoms with Gasteiger partial charge in [-0.1, -0.05) is 72.8 Å². The van der Waals surface area contributed by atoms with Crippen molar-refractivity contribution in [3.05, 3.63) is 130 Å². The highest BCUT2D eigenvalue weighted by molar-refractivity contribution is 5.82. The lowest BCUT2D eigenvalue weighted by Crippen LogP contribution is -2.41. The number of ether oxygens (including phenoxy) is 2. The Balaban J connectivity index is 1.25. The summed E-state index contributed by atoms with van der Waals surface area (Å²) in [6.45, 7) is 1.39. The minimum absolute atomic E-state index is 0.101. The molecule has 1 aliphatic rings. The second-order valence-electron chi connectivity index (χ2n) is 10.2. The van der Waals surface area contributed by atoms with Crippen LogP contribution in [0.25, 0.3) is 0 Å². The predicted molar refractivity (Wildman–Crippen MR) is 154 cm³/mol. The van der Waals surface area contributed by atoms with E-state index in [1.165, 1.54) is 5.56 Å². The Bertz CT molecular complexity index is 1410. The van der Waals surface area contributed by atoms with Crippen molar-refractivity contribution in [1.29, 1.82) is 0 Å². The molecule has 2 atom stereocenters. The lowest BCUT2D eigenvalue weighted by atomic mass is 9.88. The first kappa shape index (κ1) is 27.4. The molecule has 1 amide bonds. The smallest absolute Gasteiger partial charge is 0.253 e. The Morgan fingerprint density at radius 1 is 0.875 bits per heavy atom. The number of aromatic hydroxyl groups is 1. The number of amides is 1. The van der Waals surface area contributed by atoms with Crippen molar-refractivity contribution in [3.63, 3.8) is 0 Å². The third kappa shape index (κ3) is 7.29. The third-order valence-electron chi connectivity index (χ3n) is 7.28. The normalized spacial score (nSPS) is 15.2. The molecule has 0 fully saturated rings. The molecule has 0 heterocycles. The number of nitrogens with one attached hydrogen (secondary N) is 1. The van der Waals surface area contributed by atoms with Crippen molar-refractivity contribution in [2.45, 2.75) is 51.0 Å². The van der Waals surface area contributed by atoms with Crippen LogP contribution in [0.1, 0.15) is 45.9 Å². The standard InChI is InChI=1S/C34H35NO5/c36-31-15-12-26-11-14-30(20-29(26)21-31)35-34(38)33(37)28-13-16-32(40-23-25-9-5-2-6-10-25)27(19-28)17-18-39-22-24-7-3-1-4-8-24/h1-10,12-13,15-16,19,21,30,33,36-37H,11,14,17-18,20,22-23H2,(H,35,38)/t30-,33?/m0/s1. The zero-order valence-corrected chi connectivity index (χ0v) is 22.5. The van der Waals surface area contributed by atoms with Gasteiger partial charge in [0, 0.05) is 6.04 Å². The molecule has 0 aliphatic heterocycles. The first-order valence-electron chi connectivity index (χ1n) is 13.8. The molecular weight excluding hydrogens is 502 g/mol. The fourth-order valence-corrected chi connectivity index (χ4v) is 5.09. The second-order valence-corrected chi connectivity index (χ2v) is 10.2. The molecule has 6 nitrogen and oxygen atoms in total. The largest absolute Gasteiger partial charge is 0.508 e. The summed E-state index contributed by atoms with van der Waals surface area (Å²) in [5, 5.41) is 23.8. The molecule has 0 saturated carbocycles. The Hall–Kier alpha value is -4.13. The Morgan fingerprint density at radius 2 is 1.60 bits per heavy atom. The molecule has 0 radical (unpaired) electrons. The van der Waals surface area contributed by atoms with E-state index in [4.69, 9.17) is 9.47 Å². The van der Waals surface area contributed by atoms with Crippen molar-refractivity contribution in [2.24, 2.45) is 0 Å². The van der Waals surface area contributed by atoms with Gasteiger partial charge in [0.15, 0.2) is 6.10 Å². The zero-order valence-electron chi connectivity index (χ0n) is 22.5. The highest BCUT2D eigenvalue weighted by Crippen LogP contribution is 2.28. The van der Waals surface area contributed by atoms with E-state index in [9.17, 15) is 15.0 Å². The van der Waals surface area contributed by atoms with Crippen LogP contribution in [0.2, 0.25) is 0 Å². The highest BCUT2D eigenvalue weighted by Gasteiger charge is 2.25.